The second-order valence-electron chi connectivity index (χ2n) is 3.47. The van der Waals surface area contributed by atoms with Crippen LogP contribution in [0.15, 0.2) is 18.3 Å². The van der Waals surface area contributed by atoms with E-state index in [9.17, 15) is 4.79 Å². The highest BCUT2D eigenvalue weighted by atomic mass is 16.1. The number of nitrogens with zero attached hydrogens (tertiary/aromatic N) is 4. The maximum Gasteiger partial charge on any atom is 0.270 e. The van der Waals surface area contributed by atoms with Gasteiger partial charge in [-0.05, 0) is 19.1 Å². The Morgan fingerprint density at radius 1 is 1.44 bits per heavy atom. The highest BCUT2D eigenvalue weighted by Gasteiger charge is 2.07. The fourth-order valence-corrected chi connectivity index (χ4v) is 1.34. The molecule has 0 aliphatic heterocycles. The molecular formula is C10H13N7O. The number of aromatic nitrogens is 5. The lowest BCUT2D eigenvalue weighted by atomic mass is 10.3. The van der Waals surface area contributed by atoms with Gasteiger partial charge in [-0.2, -0.15) is 5.21 Å². The van der Waals surface area contributed by atoms with E-state index in [-0.39, 0.29) is 12.5 Å². The maximum absolute atomic E-state index is 11.7. The second-order valence-corrected chi connectivity index (χ2v) is 3.47. The molecule has 0 spiro atoms. The maximum atomic E-state index is 11.7. The van der Waals surface area contributed by atoms with Crippen molar-refractivity contribution in [3.05, 3.63) is 29.8 Å². The van der Waals surface area contributed by atoms with E-state index in [0.29, 0.717) is 11.5 Å². The Morgan fingerprint density at radius 2 is 2.33 bits per heavy atom. The van der Waals surface area contributed by atoms with Crippen LogP contribution in [0, 0.1) is 0 Å². The minimum Gasteiger partial charge on any atom is -0.384 e. The highest BCUT2D eigenvalue weighted by molar-refractivity contribution is 5.92. The molecule has 8 heteroatoms. The number of nitrogens with one attached hydrogen (secondary N) is 3. The molecule has 8 nitrogen and oxygen atoms in total. The number of H-pyrrole nitrogens is 1. The van der Waals surface area contributed by atoms with Crippen LogP contribution in [0.2, 0.25) is 0 Å². The minimum atomic E-state index is -0.275. The lowest BCUT2D eigenvalue weighted by Crippen LogP contribution is -2.24. The van der Waals surface area contributed by atoms with Crippen LogP contribution in [0.4, 0.5) is 5.69 Å². The Bertz CT molecular complexity index is 493. The van der Waals surface area contributed by atoms with Gasteiger partial charge in [0.2, 0.25) is 0 Å². The molecule has 1 amide bonds. The van der Waals surface area contributed by atoms with Crippen LogP contribution in [0.3, 0.4) is 0 Å². The molecule has 0 saturated carbocycles. The van der Waals surface area contributed by atoms with Gasteiger partial charge < -0.3 is 10.6 Å². The van der Waals surface area contributed by atoms with Crippen LogP contribution in [0.25, 0.3) is 0 Å². The Balaban J connectivity index is 1.92. The van der Waals surface area contributed by atoms with Crippen molar-refractivity contribution >= 4 is 11.6 Å². The smallest absolute Gasteiger partial charge is 0.270 e. The minimum absolute atomic E-state index is 0.214. The Hall–Kier alpha value is -2.51. The van der Waals surface area contributed by atoms with Crippen LogP contribution in [0.5, 0.6) is 0 Å². The second kappa shape index (κ2) is 5.71. The first-order valence-electron chi connectivity index (χ1n) is 5.50. The number of carbonyl (C=O) groups excluding carboxylic acids is 1. The number of tetrazole rings is 1. The Morgan fingerprint density at radius 3 is 2.94 bits per heavy atom. The molecular weight excluding hydrogens is 234 g/mol. The number of carbonyl (C=O) groups is 1. The summed E-state index contributed by atoms with van der Waals surface area (Å²) in [4.78, 5) is 15.8. The van der Waals surface area contributed by atoms with Crippen LogP contribution in [-0.4, -0.2) is 38.1 Å². The first-order valence-corrected chi connectivity index (χ1v) is 5.50. The van der Waals surface area contributed by atoms with Crippen molar-refractivity contribution in [2.75, 3.05) is 11.9 Å². The predicted octanol–water partition coefficient (Wildman–Crippen LogP) is -0.0435. The summed E-state index contributed by atoms with van der Waals surface area (Å²) in [5.74, 6) is 0.149. The van der Waals surface area contributed by atoms with Gasteiger partial charge in [0.15, 0.2) is 5.82 Å². The molecule has 18 heavy (non-hydrogen) atoms. The fourth-order valence-electron chi connectivity index (χ4n) is 1.34. The van der Waals surface area contributed by atoms with E-state index in [1.165, 1.54) is 0 Å². The van der Waals surface area contributed by atoms with Gasteiger partial charge in [-0.25, -0.2) is 4.98 Å². The summed E-state index contributed by atoms with van der Waals surface area (Å²) in [6.45, 7) is 3.02. The molecule has 0 atom stereocenters. The van der Waals surface area contributed by atoms with Crippen molar-refractivity contribution in [2.45, 2.75) is 13.5 Å². The molecule has 0 aromatic carbocycles. The molecule has 0 aliphatic rings. The molecule has 2 rings (SSSR count). The topological polar surface area (TPSA) is 108 Å². The van der Waals surface area contributed by atoms with E-state index >= 15 is 0 Å². The summed E-state index contributed by atoms with van der Waals surface area (Å²) in [5.41, 5.74) is 1.23. The van der Waals surface area contributed by atoms with Gasteiger partial charge in [-0.15, -0.1) is 10.2 Å². The van der Waals surface area contributed by atoms with Gasteiger partial charge in [0.05, 0.1) is 18.4 Å². The van der Waals surface area contributed by atoms with Crippen LogP contribution < -0.4 is 10.6 Å². The van der Waals surface area contributed by atoms with Crippen molar-refractivity contribution < 1.29 is 4.79 Å². The van der Waals surface area contributed by atoms with Crippen molar-refractivity contribution in [2.24, 2.45) is 0 Å². The predicted molar refractivity (Wildman–Crippen MR) is 63.7 cm³/mol. The molecule has 2 aromatic heterocycles. The fraction of sp³-hybridized carbons (Fsp3) is 0.300. The number of anilines is 1. The van der Waals surface area contributed by atoms with Crippen molar-refractivity contribution in [3.63, 3.8) is 0 Å². The van der Waals surface area contributed by atoms with E-state index in [1.54, 1.807) is 18.3 Å². The molecule has 0 bridgehead atoms. The molecule has 0 radical (unpaired) electrons. The van der Waals surface area contributed by atoms with Crippen molar-refractivity contribution in [3.8, 4) is 0 Å². The SMILES string of the molecule is CCNc1ccc(C(=O)NCc2nn[nH]n2)nc1. The summed E-state index contributed by atoms with van der Waals surface area (Å²) >= 11 is 0. The molecule has 0 aliphatic carbocycles. The van der Waals surface area contributed by atoms with E-state index in [1.807, 2.05) is 6.92 Å². The molecule has 2 aromatic rings. The number of rotatable bonds is 5. The number of hydrogen-bond acceptors (Lipinski definition) is 6. The standard InChI is InChI=1S/C10H13N7O/c1-2-11-7-3-4-8(12-5-7)10(18)13-6-9-14-16-17-15-9/h3-5,11H,2,6H2,1H3,(H,13,18)(H,14,15,16,17). The number of aromatic amines is 1. The molecule has 0 saturated heterocycles. The first kappa shape index (κ1) is 12.0. The zero-order valence-electron chi connectivity index (χ0n) is 9.84. The van der Waals surface area contributed by atoms with Crippen LogP contribution >= 0.6 is 0 Å². The normalized spacial score (nSPS) is 10.1. The number of pyridine rings is 1. The van der Waals surface area contributed by atoms with E-state index < -0.39 is 0 Å². The molecule has 0 unspecified atom stereocenters. The Kier molecular flexibility index (Phi) is 3.79. The average molecular weight is 247 g/mol. The van der Waals surface area contributed by atoms with Crippen molar-refractivity contribution in [1.82, 2.24) is 30.9 Å². The van der Waals surface area contributed by atoms with Gasteiger partial charge in [-0.1, -0.05) is 5.21 Å². The average Bonchev–Trinajstić information content (AvgIpc) is 2.90. The van der Waals surface area contributed by atoms with Crippen molar-refractivity contribution in [1.29, 1.82) is 0 Å². The molecule has 2 heterocycles. The van der Waals surface area contributed by atoms with E-state index in [0.717, 1.165) is 12.2 Å². The highest BCUT2D eigenvalue weighted by Crippen LogP contribution is 2.05. The summed E-state index contributed by atoms with van der Waals surface area (Å²) < 4.78 is 0. The molecule has 94 valence electrons. The Labute approximate surface area is 103 Å². The lowest BCUT2D eigenvalue weighted by Gasteiger charge is -2.04. The molecule has 0 fully saturated rings. The van der Waals surface area contributed by atoms with Gasteiger partial charge in [-0.3, -0.25) is 4.79 Å². The third-order valence-corrected chi connectivity index (χ3v) is 2.17. The summed E-state index contributed by atoms with van der Waals surface area (Å²) in [6, 6.07) is 3.46. The largest absolute Gasteiger partial charge is 0.384 e. The van der Waals surface area contributed by atoms with Gasteiger partial charge in [0.1, 0.15) is 5.69 Å². The first-order chi connectivity index (χ1) is 8.79. The summed E-state index contributed by atoms with van der Waals surface area (Å²) in [6.07, 6.45) is 1.62. The van der Waals surface area contributed by atoms with Crippen LogP contribution in [0.1, 0.15) is 23.2 Å². The number of amides is 1. The number of hydrogen-bond donors (Lipinski definition) is 3. The third-order valence-electron chi connectivity index (χ3n) is 2.17. The monoisotopic (exact) mass is 247 g/mol. The van der Waals surface area contributed by atoms with E-state index in [2.05, 4.69) is 36.2 Å². The lowest BCUT2D eigenvalue weighted by molar-refractivity contribution is 0.0945. The van der Waals surface area contributed by atoms with Crippen LogP contribution in [-0.2, 0) is 6.54 Å². The van der Waals surface area contributed by atoms with Gasteiger partial charge >= 0.3 is 0 Å². The molecule has 3 N–H and O–H groups in total. The zero-order chi connectivity index (χ0) is 12.8. The van der Waals surface area contributed by atoms with E-state index in [4.69, 9.17) is 0 Å². The summed E-state index contributed by atoms with van der Waals surface area (Å²) in [5, 5.41) is 18.9. The third kappa shape index (κ3) is 3.00. The van der Waals surface area contributed by atoms with Gasteiger partial charge in [0.25, 0.3) is 5.91 Å². The van der Waals surface area contributed by atoms with Gasteiger partial charge in [0, 0.05) is 6.54 Å². The quantitative estimate of drug-likeness (QED) is 0.684. The zero-order valence-corrected chi connectivity index (χ0v) is 9.84. The summed E-state index contributed by atoms with van der Waals surface area (Å²) in [7, 11) is 0.